The maximum atomic E-state index is 13.0. The van der Waals surface area contributed by atoms with Crippen molar-refractivity contribution in [1.82, 2.24) is 14.5 Å². The van der Waals surface area contributed by atoms with Crippen LogP contribution in [0, 0.1) is 5.82 Å². The summed E-state index contributed by atoms with van der Waals surface area (Å²) >= 11 is 0. The van der Waals surface area contributed by atoms with Crippen LogP contribution in [0.25, 0.3) is 0 Å². The number of benzene rings is 1. The van der Waals surface area contributed by atoms with Crippen LogP contribution >= 0.6 is 0 Å². The second kappa shape index (κ2) is 8.99. The van der Waals surface area contributed by atoms with Gasteiger partial charge in [0.25, 0.3) is 5.91 Å². The Morgan fingerprint density at radius 3 is 2.52 bits per heavy atom. The molecule has 1 saturated heterocycles. The number of anilines is 1. The van der Waals surface area contributed by atoms with Crippen molar-refractivity contribution in [2.24, 2.45) is 7.05 Å². The maximum absolute atomic E-state index is 13.0. The minimum atomic E-state index is -0.365. The molecule has 2 aromatic heterocycles. The van der Waals surface area contributed by atoms with Gasteiger partial charge in [0, 0.05) is 45.5 Å². The van der Waals surface area contributed by atoms with Crippen LogP contribution in [-0.4, -0.2) is 46.5 Å². The zero-order chi connectivity index (χ0) is 21.8. The zero-order valence-corrected chi connectivity index (χ0v) is 17.2. The fourth-order valence-electron chi connectivity index (χ4n) is 3.51. The van der Waals surface area contributed by atoms with Gasteiger partial charge in [0.2, 0.25) is 5.43 Å². The summed E-state index contributed by atoms with van der Waals surface area (Å²) in [4.78, 5) is 33.7. The third kappa shape index (κ3) is 4.74. The first kappa shape index (κ1) is 20.6. The van der Waals surface area contributed by atoms with Gasteiger partial charge in [-0.25, -0.2) is 9.37 Å². The predicted octanol–water partition coefficient (Wildman–Crippen LogP) is 2.46. The van der Waals surface area contributed by atoms with Crippen LogP contribution in [0.4, 0.5) is 10.2 Å². The van der Waals surface area contributed by atoms with Crippen LogP contribution in [0.5, 0.6) is 5.75 Å². The second-order valence-electron chi connectivity index (χ2n) is 7.38. The smallest absolute Gasteiger partial charge is 0.270 e. The molecule has 1 aliphatic rings. The minimum Gasteiger partial charge on any atom is -0.483 e. The molecule has 7 nitrogen and oxygen atoms in total. The van der Waals surface area contributed by atoms with E-state index in [9.17, 15) is 14.0 Å². The molecule has 1 aliphatic heterocycles. The molecule has 0 bridgehead atoms. The zero-order valence-electron chi connectivity index (χ0n) is 17.2. The monoisotopic (exact) mass is 422 g/mol. The molecule has 0 N–H and O–H groups in total. The summed E-state index contributed by atoms with van der Waals surface area (Å²) in [6.07, 6.45) is 3.27. The SMILES string of the molecule is Cn1cc(OCc2ccc(F)cc2)c(=O)cc1C(=O)N1CCN(c2ccccn2)CC1. The Morgan fingerprint density at radius 2 is 1.84 bits per heavy atom. The first-order valence-electron chi connectivity index (χ1n) is 10.0. The number of hydrogen-bond donors (Lipinski definition) is 0. The molecule has 1 aromatic carbocycles. The quantitative estimate of drug-likeness (QED) is 0.632. The number of pyridine rings is 2. The van der Waals surface area contributed by atoms with Crippen LogP contribution in [0.15, 0.2) is 65.7 Å². The lowest BCUT2D eigenvalue weighted by Crippen LogP contribution is -2.49. The van der Waals surface area contributed by atoms with Crippen molar-refractivity contribution in [2.45, 2.75) is 6.61 Å². The Labute approximate surface area is 179 Å². The minimum absolute atomic E-state index is 0.137. The van der Waals surface area contributed by atoms with E-state index >= 15 is 0 Å². The summed E-state index contributed by atoms with van der Waals surface area (Å²) < 4.78 is 20.2. The molecule has 1 amide bonds. The molecule has 3 heterocycles. The number of carbonyl (C=O) groups is 1. The van der Waals surface area contributed by atoms with Gasteiger partial charge in [-0.3, -0.25) is 9.59 Å². The van der Waals surface area contributed by atoms with Gasteiger partial charge in [0.1, 0.15) is 23.9 Å². The van der Waals surface area contributed by atoms with E-state index in [2.05, 4.69) is 9.88 Å². The molecule has 0 unspecified atom stereocenters. The van der Waals surface area contributed by atoms with E-state index in [4.69, 9.17) is 4.74 Å². The molecular weight excluding hydrogens is 399 g/mol. The van der Waals surface area contributed by atoms with Crippen LogP contribution in [0.3, 0.4) is 0 Å². The lowest BCUT2D eigenvalue weighted by Gasteiger charge is -2.35. The predicted molar refractivity (Wildman–Crippen MR) is 115 cm³/mol. The number of rotatable bonds is 5. The summed E-state index contributed by atoms with van der Waals surface area (Å²) in [5.41, 5.74) is 0.690. The number of aryl methyl sites for hydroxylation is 1. The molecular formula is C23H23FN4O3. The molecule has 0 aliphatic carbocycles. The molecule has 1 fully saturated rings. The first-order chi connectivity index (χ1) is 15.0. The highest BCUT2D eigenvalue weighted by Crippen LogP contribution is 2.15. The van der Waals surface area contributed by atoms with Crippen molar-refractivity contribution in [1.29, 1.82) is 0 Å². The highest BCUT2D eigenvalue weighted by molar-refractivity contribution is 5.92. The lowest BCUT2D eigenvalue weighted by molar-refractivity contribution is 0.0735. The first-order valence-corrected chi connectivity index (χ1v) is 10.0. The molecule has 0 radical (unpaired) electrons. The van der Waals surface area contributed by atoms with Crippen molar-refractivity contribution in [2.75, 3.05) is 31.1 Å². The number of carbonyl (C=O) groups excluding carboxylic acids is 1. The van der Waals surface area contributed by atoms with Gasteiger partial charge in [-0.1, -0.05) is 18.2 Å². The molecule has 4 rings (SSSR count). The lowest BCUT2D eigenvalue weighted by atomic mass is 10.2. The van der Waals surface area contributed by atoms with Gasteiger partial charge in [0.05, 0.1) is 6.20 Å². The van der Waals surface area contributed by atoms with Crippen molar-refractivity contribution in [3.63, 3.8) is 0 Å². The Hall–Kier alpha value is -3.68. The maximum Gasteiger partial charge on any atom is 0.270 e. The van der Waals surface area contributed by atoms with E-state index in [1.165, 1.54) is 24.4 Å². The topological polar surface area (TPSA) is 67.7 Å². The van der Waals surface area contributed by atoms with E-state index in [0.29, 0.717) is 31.9 Å². The van der Waals surface area contributed by atoms with E-state index in [-0.39, 0.29) is 29.5 Å². The van der Waals surface area contributed by atoms with Gasteiger partial charge < -0.3 is 19.1 Å². The molecule has 31 heavy (non-hydrogen) atoms. The van der Waals surface area contributed by atoms with Crippen molar-refractivity contribution in [3.05, 3.63) is 88.2 Å². The number of nitrogens with zero attached hydrogens (tertiary/aromatic N) is 4. The van der Waals surface area contributed by atoms with Crippen molar-refractivity contribution < 1.29 is 13.9 Å². The molecule has 8 heteroatoms. The average Bonchev–Trinajstić information content (AvgIpc) is 2.80. The number of ether oxygens (including phenoxy) is 1. The molecule has 0 saturated carbocycles. The molecule has 0 atom stereocenters. The highest BCUT2D eigenvalue weighted by atomic mass is 19.1. The summed E-state index contributed by atoms with van der Waals surface area (Å²) in [7, 11) is 1.71. The fraction of sp³-hybridized carbons (Fsp3) is 0.261. The van der Waals surface area contributed by atoms with Gasteiger partial charge in [-0.2, -0.15) is 0 Å². The van der Waals surface area contributed by atoms with Crippen LogP contribution in [0.2, 0.25) is 0 Å². The number of halogens is 1. The third-order valence-corrected chi connectivity index (χ3v) is 5.27. The number of amides is 1. The van der Waals surface area contributed by atoms with E-state index in [1.807, 2.05) is 18.2 Å². The average molecular weight is 422 g/mol. The fourth-order valence-corrected chi connectivity index (χ4v) is 3.51. The van der Waals surface area contributed by atoms with Gasteiger partial charge in [-0.05, 0) is 29.8 Å². The summed E-state index contributed by atoms with van der Waals surface area (Å²) in [6.45, 7) is 2.59. The Balaban J connectivity index is 1.41. The largest absolute Gasteiger partial charge is 0.483 e. The van der Waals surface area contributed by atoms with E-state index < -0.39 is 0 Å². The standard InChI is InChI=1S/C23H23FN4O3/c1-26-15-21(31-16-17-5-7-18(24)8-6-17)20(29)14-19(26)23(30)28-12-10-27(11-13-28)22-4-2-3-9-25-22/h2-9,14-15H,10-13,16H2,1H3. The normalized spacial score (nSPS) is 13.9. The highest BCUT2D eigenvalue weighted by Gasteiger charge is 2.24. The van der Waals surface area contributed by atoms with Gasteiger partial charge in [0.15, 0.2) is 5.75 Å². The summed E-state index contributed by atoms with van der Waals surface area (Å²) in [6, 6.07) is 13.0. The summed E-state index contributed by atoms with van der Waals surface area (Å²) in [5, 5.41) is 0. The Kier molecular flexibility index (Phi) is 5.97. The van der Waals surface area contributed by atoms with Crippen LogP contribution in [-0.2, 0) is 13.7 Å². The second-order valence-corrected chi connectivity index (χ2v) is 7.38. The van der Waals surface area contributed by atoms with Gasteiger partial charge in [-0.15, -0.1) is 0 Å². The molecule has 0 spiro atoms. The Bertz CT molecular complexity index is 1110. The number of piperazine rings is 1. The van der Waals surface area contributed by atoms with Crippen molar-refractivity contribution in [3.8, 4) is 5.75 Å². The number of aromatic nitrogens is 2. The van der Waals surface area contributed by atoms with Crippen LogP contribution in [0.1, 0.15) is 16.1 Å². The number of hydrogen-bond acceptors (Lipinski definition) is 5. The Morgan fingerprint density at radius 1 is 1.10 bits per heavy atom. The van der Waals surface area contributed by atoms with E-state index in [1.54, 1.807) is 34.8 Å². The van der Waals surface area contributed by atoms with Gasteiger partial charge >= 0.3 is 0 Å². The van der Waals surface area contributed by atoms with Crippen LogP contribution < -0.4 is 15.1 Å². The van der Waals surface area contributed by atoms with Crippen molar-refractivity contribution >= 4 is 11.7 Å². The summed E-state index contributed by atoms with van der Waals surface area (Å²) in [5.74, 6) is 0.516. The molecule has 160 valence electrons. The van der Waals surface area contributed by atoms with E-state index in [0.717, 1.165) is 11.4 Å². The third-order valence-electron chi connectivity index (χ3n) is 5.27. The molecule has 3 aromatic rings.